The Morgan fingerprint density at radius 3 is 2.70 bits per heavy atom. The van der Waals surface area contributed by atoms with Gasteiger partial charge in [0.25, 0.3) is 5.91 Å². The van der Waals surface area contributed by atoms with Gasteiger partial charge in [0.1, 0.15) is 39.6 Å². The molecule has 0 aromatic heterocycles. The number of aldehydes is 1. The fraction of sp³-hybridized carbons (Fsp3) is 0.423. The van der Waals surface area contributed by atoms with Gasteiger partial charge in [-0.05, 0) is 30.2 Å². The van der Waals surface area contributed by atoms with E-state index in [1.54, 1.807) is 24.3 Å². The third-order valence-corrected chi connectivity index (χ3v) is 6.68. The van der Waals surface area contributed by atoms with Crippen molar-refractivity contribution in [3.8, 4) is 5.75 Å². The number of hydrogen-bond acceptors (Lipinski definition) is 6. The number of benzene rings is 2. The number of rotatable bonds is 10. The van der Waals surface area contributed by atoms with Crippen molar-refractivity contribution >= 4 is 33.8 Å². The van der Waals surface area contributed by atoms with Gasteiger partial charge in [0, 0.05) is 49.8 Å². The molecule has 2 amide bonds. The zero-order valence-electron chi connectivity index (χ0n) is 20.7. The number of fused-ring (bicyclic) bond motifs is 1. The van der Waals surface area contributed by atoms with Crippen LogP contribution in [0.15, 0.2) is 36.4 Å². The highest BCUT2D eigenvalue weighted by molar-refractivity contribution is 6.39. The lowest BCUT2D eigenvalue weighted by Crippen LogP contribution is -2.46. The van der Waals surface area contributed by atoms with Gasteiger partial charge in [-0.25, -0.2) is 4.39 Å². The molecular weight excluding hydrogens is 475 g/mol. The maximum Gasteiger partial charge on any atom is 0.255 e. The molecule has 2 aromatic rings. The lowest BCUT2D eigenvalue weighted by molar-refractivity contribution is -0.125. The number of carbonyl (C=O) groups excluding carboxylic acids is 3. The molecule has 1 unspecified atom stereocenters. The molecular formula is C26H28B2FN3O5. The van der Waals surface area contributed by atoms with Crippen LogP contribution in [0.1, 0.15) is 39.9 Å². The van der Waals surface area contributed by atoms with Crippen molar-refractivity contribution in [2.24, 2.45) is 0 Å². The van der Waals surface area contributed by atoms with Crippen LogP contribution in [0.2, 0.25) is 0 Å². The highest BCUT2D eigenvalue weighted by Crippen LogP contribution is 2.36. The Morgan fingerprint density at radius 1 is 1.27 bits per heavy atom. The largest absolute Gasteiger partial charge is 0.502 e. The summed E-state index contributed by atoms with van der Waals surface area (Å²) in [5, 5.41) is 0.515. The first kappa shape index (κ1) is 26.9. The van der Waals surface area contributed by atoms with E-state index >= 15 is 4.39 Å². The number of morpholine rings is 1. The van der Waals surface area contributed by atoms with Gasteiger partial charge in [-0.1, -0.05) is 18.2 Å². The summed E-state index contributed by atoms with van der Waals surface area (Å²) >= 11 is 0. The second-order valence-corrected chi connectivity index (χ2v) is 9.19. The van der Waals surface area contributed by atoms with Crippen LogP contribution in [0.4, 0.5) is 4.39 Å². The maximum absolute atomic E-state index is 15.1. The lowest BCUT2D eigenvalue weighted by atomic mass is 9.61. The third kappa shape index (κ3) is 5.88. The standard InChI is InChI=1S/C26H28B2FN3O5/c1-30-24(34)22(5-3-11-33)32-16-19-18(25(32)35)4-2-6-23(19)37-26(27,28)20-8-7-17(14-21(20)29)15-31-9-12-36-13-10-31/h2,4,6-8,11,14,22H,3,5,9-10,12-13,15-16H2,1H3,(H,30,34). The zero-order valence-corrected chi connectivity index (χ0v) is 20.7. The Labute approximate surface area is 218 Å². The summed E-state index contributed by atoms with van der Waals surface area (Å²) < 4.78 is 26.4. The van der Waals surface area contributed by atoms with E-state index in [4.69, 9.17) is 25.2 Å². The molecule has 2 heterocycles. The van der Waals surface area contributed by atoms with Gasteiger partial charge >= 0.3 is 0 Å². The molecule has 1 saturated heterocycles. The molecule has 0 spiro atoms. The molecule has 37 heavy (non-hydrogen) atoms. The number of nitrogens with one attached hydrogen (secondary N) is 1. The predicted octanol–water partition coefficient (Wildman–Crippen LogP) is 1.23. The van der Waals surface area contributed by atoms with E-state index in [0.29, 0.717) is 37.2 Å². The van der Waals surface area contributed by atoms with E-state index in [0.717, 1.165) is 18.7 Å². The van der Waals surface area contributed by atoms with Crippen LogP contribution in [-0.4, -0.2) is 83.0 Å². The Kier molecular flexibility index (Phi) is 8.34. The van der Waals surface area contributed by atoms with Crippen molar-refractivity contribution in [2.75, 3.05) is 33.4 Å². The number of carbonyl (C=O) groups is 3. The van der Waals surface area contributed by atoms with E-state index in [9.17, 15) is 14.4 Å². The van der Waals surface area contributed by atoms with Crippen LogP contribution in [0.25, 0.3) is 0 Å². The first-order valence-corrected chi connectivity index (χ1v) is 12.2. The van der Waals surface area contributed by atoms with Crippen LogP contribution in [0.5, 0.6) is 5.75 Å². The van der Waals surface area contributed by atoms with Crippen LogP contribution in [0.3, 0.4) is 0 Å². The molecule has 4 radical (unpaired) electrons. The number of hydrogen-bond donors (Lipinski definition) is 1. The van der Waals surface area contributed by atoms with Gasteiger partial charge in [0.15, 0.2) is 0 Å². The van der Waals surface area contributed by atoms with Crippen molar-refractivity contribution in [1.82, 2.24) is 15.1 Å². The monoisotopic (exact) mass is 503 g/mol. The van der Waals surface area contributed by atoms with E-state index < -0.39 is 17.3 Å². The van der Waals surface area contributed by atoms with Gasteiger partial charge < -0.3 is 24.5 Å². The van der Waals surface area contributed by atoms with Crippen LogP contribution in [0, 0.1) is 5.82 Å². The second-order valence-electron chi connectivity index (χ2n) is 9.19. The lowest BCUT2D eigenvalue weighted by Gasteiger charge is -2.31. The number of likely N-dealkylation sites (N-methyl/N-ethyl adjacent to an activating group) is 1. The Hall–Kier alpha value is -3.17. The SMILES string of the molecule is [B]C([B])(Oc1cccc2c1CN(C(CCC=O)C(=O)NC)C2=O)c1ccc(CN2CCOCC2)cc1F. The smallest absolute Gasteiger partial charge is 0.255 e. The Bertz CT molecular complexity index is 1170. The predicted molar refractivity (Wildman–Crippen MR) is 136 cm³/mol. The average Bonchev–Trinajstić information content (AvgIpc) is 3.21. The molecule has 2 aliphatic heterocycles. The van der Waals surface area contributed by atoms with Crippen LogP contribution in [-0.2, 0) is 32.8 Å². The van der Waals surface area contributed by atoms with Crippen LogP contribution >= 0.6 is 0 Å². The summed E-state index contributed by atoms with van der Waals surface area (Å²) in [6.45, 7) is 3.46. The van der Waals surface area contributed by atoms with Crippen LogP contribution < -0.4 is 10.1 Å². The Morgan fingerprint density at radius 2 is 2.03 bits per heavy atom. The van der Waals surface area contributed by atoms with Crippen molar-refractivity contribution in [2.45, 2.75) is 37.4 Å². The summed E-state index contributed by atoms with van der Waals surface area (Å²) in [6.07, 6.45) is 1.01. The second kappa shape index (κ2) is 11.5. The molecule has 1 N–H and O–H groups in total. The van der Waals surface area contributed by atoms with Crippen molar-refractivity contribution in [1.29, 1.82) is 0 Å². The Balaban J connectivity index is 1.54. The number of halogens is 1. The van der Waals surface area contributed by atoms with E-state index in [1.807, 2.05) is 0 Å². The van der Waals surface area contributed by atoms with Gasteiger partial charge in [0.2, 0.25) is 5.91 Å². The minimum atomic E-state index is -2.02. The summed E-state index contributed by atoms with van der Waals surface area (Å²) in [4.78, 5) is 40.0. The summed E-state index contributed by atoms with van der Waals surface area (Å²) in [6, 6.07) is 8.63. The molecule has 11 heteroatoms. The van der Waals surface area contributed by atoms with Crippen molar-refractivity contribution < 1.29 is 28.2 Å². The highest BCUT2D eigenvalue weighted by atomic mass is 19.1. The topological polar surface area (TPSA) is 88.2 Å². The molecule has 4 rings (SSSR count). The van der Waals surface area contributed by atoms with Gasteiger partial charge in [-0.2, -0.15) is 0 Å². The first-order valence-electron chi connectivity index (χ1n) is 12.2. The fourth-order valence-corrected chi connectivity index (χ4v) is 4.72. The van der Waals surface area contributed by atoms with E-state index in [1.165, 1.54) is 24.1 Å². The number of ether oxygens (including phenoxy) is 2. The van der Waals surface area contributed by atoms with E-state index in [-0.39, 0.29) is 42.5 Å². The molecule has 0 aliphatic carbocycles. The van der Waals surface area contributed by atoms with Gasteiger partial charge in [-0.15, -0.1) is 0 Å². The van der Waals surface area contributed by atoms with Crippen molar-refractivity contribution in [3.63, 3.8) is 0 Å². The molecule has 8 nitrogen and oxygen atoms in total. The minimum Gasteiger partial charge on any atom is -0.502 e. The molecule has 190 valence electrons. The zero-order chi connectivity index (χ0) is 26.6. The quantitative estimate of drug-likeness (QED) is 0.388. The maximum atomic E-state index is 15.1. The first-order chi connectivity index (χ1) is 17.7. The normalized spacial score (nSPS) is 16.8. The number of amides is 2. The van der Waals surface area contributed by atoms with Gasteiger partial charge in [0.05, 0.1) is 25.2 Å². The summed E-state index contributed by atoms with van der Waals surface area (Å²) in [5.74, 6) is -1.15. The fourth-order valence-electron chi connectivity index (χ4n) is 4.72. The van der Waals surface area contributed by atoms with Gasteiger partial charge in [-0.3, -0.25) is 14.5 Å². The number of nitrogens with zero attached hydrogens (tertiary/aromatic N) is 2. The molecule has 0 saturated carbocycles. The molecule has 0 bridgehead atoms. The molecule has 2 aliphatic rings. The summed E-state index contributed by atoms with van der Waals surface area (Å²) in [5.41, 5.74) is 1.55. The average molecular weight is 503 g/mol. The molecule has 2 aromatic carbocycles. The molecule has 1 atom stereocenters. The molecule has 1 fully saturated rings. The highest BCUT2D eigenvalue weighted by Gasteiger charge is 2.38. The summed E-state index contributed by atoms with van der Waals surface area (Å²) in [7, 11) is 14.0. The van der Waals surface area contributed by atoms with Crippen molar-refractivity contribution in [3.05, 3.63) is 64.5 Å². The minimum absolute atomic E-state index is 0.0359. The van der Waals surface area contributed by atoms with E-state index in [2.05, 4.69) is 10.2 Å². The third-order valence-electron chi connectivity index (χ3n) is 6.68.